The van der Waals surface area contributed by atoms with E-state index < -0.39 is 0 Å². The molecule has 1 N–H and O–H groups in total. The number of ketones is 1. The number of carbonyl (C=O) groups is 2. The lowest BCUT2D eigenvalue weighted by molar-refractivity contribution is -0.113. The smallest absolute Gasteiger partial charge is 0.237 e. The van der Waals surface area contributed by atoms with Gasteiger partial charge in [0, 0.05) is 6.42 Å². The van der Waals surface area contributed by atoms with Crippen molar-refractivity contribution in [2.75, 3.05) is 11.1 Å². The molecule has 0 saturated carbocycles. The maximum atomic E-state index is 12.1. The maximum absolute atomic E-state index is 12.1. The minimum absolute atomic E-state index is 0.0846. The number of aryl methyl sites for hydroxylation is 2. The van der Waals surface area contributed by atoms with Gasteiger partial charge < -0.3 is 0 Å². The summed E-state index contributed by atoms with van der Waals surface area (Å²) in [5.41, 5.74) is 1.97. The van der Waals surface area contributed by atoms with Crippen LogP contribution in [0.5, 0.6) is 0 Å². The van der Waals surface area contributed by atoms with Gasteiger partial charge in [0.2, 0.25) is 11.9 Å². The number of amides is 1. The van der Waals surface area contributed by atoms with Crippen LogP contribution < -0.4 is 5.32 Å². The number of nitrogens with one attached hydrogen (secondary N) is 1. The second-order valence-electron chi connectivity index (χ2n) is 5.81. The lowest BCUT2D eigenvalue weighted by Crippen LogP contribution is -2.24. The van der Waals surface area contributed by atoms with Crippen molar-refractivity contribution >= 4 is 40.7 Å². The maximum Gasteiger partial charge on any atom is 0.237 e. The quantitative estimate of drug-likeness (QED) is 0.833. The van der Waals surface area contributed by atoms with E-state index in [1.165, 1.54) is 23.1 Å². The molecule has 0 bridgehead atoms. The molecule has 1 amide bonds. The number of hydrogen-bond acceptors (Lipinski definition) is 8. The van der Waals surface area contributed by atoms with E-state index in [0.29, 0.717) is 17.7 Å². The third-order valence-electron chi connectivity index (χ3n) is 3.60. The number of rotatable bonds is 4. The van der Waals surface area contributed by atoms with Crippen molar-refractivity contribution in [1.29, 1.82) is 0 Å². The molecule has 0 radical (unpaired) electrons. The molecule has 2 aromatic heterocycles. The second kappa shape index (κ2) is 6.94. The summed E-state index contributed by atoms with van der Waals surface area (Å²) in [5.74, 6) is 0.610. The lowest BCUT2D eigenvalue weighted by Gasteiger charge is -2.21. The molecule has 24 heavy (non-hydrogen) atoms. The minimum Gasteiger partial charge on any atom is -0.294 e. The van der Waals surface area contributed by atoms with Crippen LogP contribution in [0.25, 0.3) is 0 Å². The molecule has 7 nitrogen and oxygen atoms in total. The van der Waals surface area contributed by atoms with Gasteiger partial charge in [0.25, 0.3) is 0 Å². The number of thioether (sulfide) groups is 1. The van der Waals surface area contributed by atoms with Gasteiger partial charge in [0.15, 0.2) is 10.1 Å². The summed E-state index contributed by atoms with van der Waals surface area (Å²) in [7, 11) is 0. The van der Waals surface area contributed by atoms with Crippen molar-refractivity contribution in [3.05, 3.63) is 22.0 Å². The van der Waals surface area contributed by atoms with E-state index in [9.17, 15) is 9.59 Å². The average molecular weight is 363 g/mol. The molecular formula is C15H17N5O2S2. The molecule has 0 saturated heterocycles. The molecular weight excluding hydrogens is 346 g/mol. The molecule has 126 valence electrons. The number of Topliss-reactive ketones (excluding diaryl/α,β-unsaturated/α-hetero) is 1. The van der Waals surface area contributed by atoms with Gasteiger partial charge in [0.05, 0.1) is 22.7 Å². The molecule has 1 aliphatic carbocycles. The van der Waals surface area contributed by atoms with Crippen LogP contribution in [0.4, 0.5) is 5.95 Å². The van der Waals surface area contributed by atoms with Crippen LogP contribution in [0.1, 0.15) is 40.1 Å². The van der Waals surface area contributed by atoms with Gasteiger partial charge in [-0.25, -0.2) is 9.97 Å². The first kappa shape index (κ1) is 17.0. The van der Waals surface area contributed by atoms with Crippen LogP contribution in [0.15, 0.2) is 4.34 Å². The third-order valence-corrected chi connectivity index (χ3v) is 5.58. The Morgan fingerprint density at radius 1 is 1.29 bits per heavy atom. The first-order valence-corrected chi connectivity index (χ1v) is 9.36. The monoisotopic (exact) mass is 363 g/mol. The van der Waals surface area contributed by atoms with Gasteiger partial charge in [0.1, 0.15) is 5.01 Å². The molecule has 0 aromatic carbocycles. The van der Waals surface area contributed by atoms with Crippen molar-refractivity contribution in [2.24, 2.45) is 5.92 Å². The Morgan fingerprint density at radius 2 is 2.08 bits per heavy atom. The Bertz CT molecular complexity index is 805. The summed E-state index contributed by atoms with van der Waals surface area (Å²) in [6, 6.07) is 0. The van der Waals surface area contributed by atoms with E-state index in [-0.39, 0.29) is 29.3 Å². The van der Waals surface area contributed by atoms with Gasteiger partial charge in [-0.05, 0) is 26.2 Å². The second-order valence-corrected chi connectivity index (χ2v) is 8.22. The highest BCUT2D eigenvalue weighted by Gasteiger charge is 2.26. The zero-order chi connectivity index (χ0) is 17.3. The predicted molar refractivity (Wildman–Crippen MR) is 92.6 cm³/mol. The van der Waals surface area contributed by atoms with Crippen LogP contribution >= 0.6 is 23.1 Å². The first-order valence-electron chi connectivity index (χ1n) is 7.56. The van der Waals surface area contributed by atoms with Gasteiger partial charge >= 0.3 is 0 Å². The van der Waals surface area contributed by atoms with E-state index >= 15 is 0 Å². The van der Waals surface area contributed by atoms with Crippen molar-refractivity contribution in [3.63, 3.8) is 0 Å². The molecule has 1 aliphatic rings. The van der Waals surface area contributed by atoms with Crippen molar-refractivity contribution in [3.8, 4) is 0 Å². The highest BCUT2D eigenvalue weighted by atomic mass is 32.2. The number of carbonyl (C=O) groups excluding carboxylic acids is 2. The zero-order valence-electron chi connectivity index (χ0n) is 13.6. The normalized spacial score (nSPS) is 16.8. The number of aromatic nitrogens is 4. The predicted octanol–water partition coefficient (Wildman–Crippen LogP) is 2.44. The summed E-state index contributed by atoms with van der Waals surface area (Å²) < 4.78 is 0.754. The van der Waals surface area contributed by atoms with Gasteiger partial charge in [-0.1, -0.05) is 30.0 Å². The Labute approximate surface area is 147 Å². The lowest BCUT2D eigenvalue weighted by atomic mass is 9.86. The number of fused-ring (bicyclic) bond motifs is 1. The van der Waals surface area contributed by atoms with E-state index in [1.807, 2.05) is 13.8 Å². The third kappa shape index (κ3) is 3.78. The largest absolute Gasteiger partial charge is 0.294 e. The van der Waals surface area contributed by atoms with Crippen molar-refractivity contribution in [2.45, 2.75) is 38.0 Å². The highest BCUT2D eigenvalue weighted by Crippen LogP contribution is 2.27. The summed E-state index contributed by atoms with van der Waals surface area (Å²) in [6.45, 7) is 5.67. The van der Waals surface area contributed by atoms with Crippen molar-refractivity contribution in [1.82, 2.24) is 20.2 Å². The van der Waals surface area contributed by atoms with Gasteiger partial charge in [-0.3, -0.25) is 14.9 Å². The highest BCUT2D eigenvalue weighted by molar-refractivity contribution is 8.01. The van der Waals surface area contributed by atoms with Crippen LogP contribution in [0, 0.1) is 19.8 Å². The Kier molecular flexibility index (Phi) is 4.91. The van der Waals surface area contributed by atoms with E-state index in [4.69, 9.17) is 0 Å². The fraction of sp³-hybridized carbons (Fsp3) is 0.467. The Hall–Kier alpha value is -1.87. The molecule has 2 aromatic rings. The minimum atomic E-state index is -0.206. The first-order chi connectivity index (χ1) is 11.4. The Balaban J connectivity index is 1.69. The van der Waals surface area contributed by atoms with Crippen LogP contribution in [-0.4, -0.2) is 37.6 Å². The topological polar surface area (TPSA) is 97.7 Å². The van der Waals surface area contributed by atoms with E-state index in [0.717, 1.165) is 21.5 Å². The SMILES string of the molecule is Cc1nnc(SCC(=O)Nc2nc(C)c3c(n2)C[C@@H](C)CC3=O)s1. The summed E-state index contributed by atoms with van der Waals surface area (Å²) in [5, 5.41) is 11.4. The van der Waals surface area contributed by atoms with Crippen LogP contribution in [-0.2, 0) is 11.2 Å². The molecule has 2 heterocycles. The molecule has 0 aliphatic heterocycles. The van der Waals surface area contributed by atoms with Crippen LogP contribution in [0.2, 0.25) is 0 Å². The standard InChI is InChI=1S/C15H17N5O2S2/c1-7-4-10-13(11(21)5-7)8(2)16-14(17-10)18-12(22)6-23-15-20-19-9(3)24-15/h7H,4-6H2,1-3H3,(H,16,17,18,22)/t7-/m1/s1. The van der Waals surface area contributed by atoms with E-state index in [1.54, 1.807) is 6.92 Å². The molecule has 0 fully saturated rings. The number of anilines is 1. The van der Waals surface area contributed by atoms with Crippen molar-refractivity contribution < 1.29 is 9.59 Å². The summed E-state index contributed by atoms with van der Waals surface area (Å²) in [4.78, 5) is 32.8. The molecule has 0 unspecified atom stereocenters. The zero-order valence-corrected chi connectivity index (χ0v) is 15.3. The fourth-order valence-electron chi connectivity index (χ4n) is 2.64. The Morgan fingerprint density at radius 3 is 2.79 bits per heavy atom. The van der Waals surface area contributed by atoms with Gasteiger partial charge in [-0.15, -0.1) is 10.2 Å². The summed E-state index contributed by atoms with van der Waals surface area (Å²) in [6.07, 6.45) is 1.26. The average Bonchev–Trinajstić information content (AvgIpc) is 2.89. The van der Waals surface area contributed by atoms with Gasteiger partial charge in [-0.2, -0.15) is 0 Å². The number of nitrogens with zero attached hydrogens (tertiary/aromatic N) is 4. The van der Waals surface area contributed by atoms with E-state index in [2.05, 4.69) is 25.5 Å². The molecule has 0 spiro atoms. The fourth-order valence-corrected chi connectivity index (χ4v) is 4.26. The molecule has 9 heteroatoms. The summed E-state index contributed by atoms with van der Waals surface area (Å²) >= 11 is 2.78. The molecule has 3 rings (SSSR count). The molecule has 1 atom stereocenters. The number of hydrogen-bond donors (Lipinski definition) is 1. The van der Waals surface area contributed by atoms with Crippen LogP contribution in [0.3, 0.4) is 0 Å².